The summed E-state index contributed by atoms with van der Waals surface area (Å²) in [5.41, 5.74) is 1.68. The van der Waals surface area contributed by atoms with Crippen LogP contribution in [-0.2, 0) is 0 Å². The van der Waals surface area contributed by atoms with E-state index in [-0.39, 0.29) is 5.69 Å². The Morgan fingerprint density at radius 3 is 2.65 bits per heavy atom. The Kier molecular flexibility index (Phi) is 2.80. The Labute approximate surface area is 114 Å². The zero-order chi connectivity index (χ0) is 14.1. The lowest BCUT2D eigenvalue weighted by molar-refractivity contribution is -0.603. The third kappa shape index (κ3) is 2.05. The van der Waals surface area contributed by atoms with Crippen LogP contribution in [0.5, 0.6) is 0 Å². The smallest absolute Gasteiger partial charge is 0.270 e. The number of non-ortho nitro benzene ring substituents is 1. The van der Waals surface area contributed by atoms with Crippen molar-refractivity contribution in [2.75, 3.05) is 0 Å². The van der Waals surface area contributed by atoms with Crippen LogP contribution in [0.4, 0.5) is 5.69 Å². The van der Waals surface area contributed by atoms with Crippen molar-refractivity contribution >= 4 is 16.5 Å². The third-order valence-electron chi connectivity index (χ3n) is 3.16. The van der Waals surface area contributed by atoms with Gasteiger partial charge in [0.05, 0.1) is 4.92 Å². The second-order valence-corrected chi connectivity index (χ2v) is 4.42. The fourth-order valence-corrected chi connectivity index (χ4v) is 2.25. The van der Waals surface area contributed by atoms with Crippen molar-refractivity contribution in [2.45, 2.75) is 0 Å². The maximum atomic E-state index is 11.3. The summed E-state index contributed by atoms with van der Waals surface area (Å²) in [7, 11) is 0. The molecule has 0 unspecified atom stereocenters. The monoisotopic (exact) mass is 266 g/mol. The molecule has 0 aliphatic heterocycles. The normalized spacial score (nSPS) is 10.6. The molecule has 5 nitrogen and oxygen atoms in total. The van der Waals surface area contributed by atoms with Gasteiger partial charge in [-0.05, 0) is 17.2 Å². The molecule has 3 rings (SSSR count). The van der Waals surface area contributed by atoms with E-state index in [1.807, 2.05) is 24.3 Å². The predicted octanol–water partition coefficient (Wildman–Crippen LogP) is 3.05. The van der Waals surface area contributed by atoms with E-state index < -0.39 is 4.92 Å². The number of hydrogen-bond acceptors (Lipinski definition) is 3. The molecule has 0 atom stereocenters. The van der Waals surface area contributed by atoms with Gasteiger partial charge in [0.2, 0.25) is 0 Å². The van der Waals surface area contributed by atoms with Crippen LogP contribution < -0.4 is 4.73 Å². The molecule has 20 heavy (non-hydrogen) atoms. The van der Waals surface area contributed by atoms with Crippen molar-refractivity contribution in [1.29, 1.82) is 0 Å². The molecule has 0 radical (unpaired) electrons. The van der Waals surface area contributed by atoms with Gasteiger partial charge in [0.1, 0.15) is 0 Å². The van der Waals surface area contributed by atoms with Crippen molar-refractivity contribution in [2.24, 2.45) is 0 Å². The quantitative estimate of drug-likeness (QED) is 0.310. The second kappa shape index (κ2) is 4.62. The van der Waals surface area contributed by atoms with Crippen molar-refractivity contribution in [3.05, 3.63) is 76.2 Å². The first-order valence-corrected chi connectivity index (χ1v) is 6.01. The summed E-state index contributed by atoms with van der Waals surface area (Å²) in [5, 5.41) is 23.8. The molecule has 0 fully saturated rings. The summed E-state index contributed by atoms with van der Waals surface area (Å²) < 4.78 is 0.736. The molecular formula is C15H10N2O3. The molecule has 0 bridgehead atoms. The first kappa shape index (κ1) is 12.1. The maximum absolute atomic E-state index is 11.3. The SMILES string of the molecule is O=[N+]([O-])c1cccc(-c2cccc3c[n+]([O-])ccc23)c1. The minimum Gasteiger partial charge on any atom is -0.619 e. The van der Waals surface area contributed by atoms with Gasteiger partial charge in [-0.1, -0.05) is 24.3 Å². The first-order chi connectivity index (χ1) is 9.65. The highest BCUT2D eigenvalue weighted by Crippen LogP contribution is 2.29. The van der Waals surface area contributed by atoms with Crippen LogP contribution in [0, 0.1) is 15.3 Å². The van der Waals surface area contributed by atoms with E-state index in [4.69, 9.17) is 0 Å². The van der Waals surface area contributed by atoms with Crippen LogP contribution in [-0.4, -0.2) is 4.92 Å². The number of nitro benzene ring substituents is 1. The topological polar surface area (TPSA) is 70.1 Å². The molecule has 0 N–H and O–H groups in total. The van der Waals surface area contributed by atoms with Gasteiger partial charge in [0, 0.05) is 29.0 Å². The molecule has 0 spiro atoms. The van der Waals surface area contributed by atoms with Gasteiger partial charge in [-0.2, -0.15) is 4.73 Å². The van der Waals surface area contributed by atoms with Gasteiger partial charge in [0.15, 0.2) is 12.4 Å². The molecule has 3 aromatic rings. The summed E-state index contributed by atoms with van der Waals surface area (Å²) >= 11 is 0. The molecule has 0 amide bonds. The molecule has 0 aliphatic carbocycles. The number of nitrogens with zero attached hydrogens (tertiary/aromatic N) is 2. The maximum Gasteiger partial charge on any atom is 0.270 e. The van der Waals surface area contributed by atoms with E-state index >= 15 is 0 Å². The van der Waals surface area contributed by atoms with E-state index in [2.05, 4.69) is 0 Å². The molecule has 0 saturated carbocycles. The zero-order valence-electron chi connectivity index (χ0n) is 10.4. The molecule has 0 aliphatic rings. The van der Waals surface area contributed by atoms with E-state index in [0.29, 0.717) is 0 Å². The number of hydrogen-bond donors (Lipinski definition) is 0. The minimum atomic E-state index is -0.416. The third-order valence-corrected chi connectivity index (χ3v) is 3.16. The number of fused-ring (bicyclic) bond motifs is 1. The van der Waals surface area contributed by atoms with Gasteiger partial charge in [-0.25, -0.2) is 0 Å². The lowest BCUT2D eigenvalue weighted by Crippen LogP contribution is -2.23. The Balaban J connectivity index is 2.24. The molecule has 0 saturated heterocycles. The first-order valence-electron chi connectivity index (χ1n) is 6.01. The van der Waals surface area contributed by atoms with Crippen molar-refractivity contribution < 1.29 is 9.65 Å². The minimum absolute atomic E-state index is 0.0503. The molecule has 2 aromatic carbocycles. The van der Waals surface area contributed by atoms with E-state index in [0.717, 1.165) is 26.6 Å². The van der Waals surface area contributed by atoms with Crippen LogP contribution in [0.15, 0.2) is 60.9 Å². The van der Waals surface area contributed by atoms with Crippen LogP contribution in [0.3, 0.4) is 0 Å². The Bertz CT molecular complexity index is 815. The lowest BCUT2D eigenvalue weighted by Gasteiger charge is -2.06. The van der Waals surface area contributed by atoms with Gasteiger partial charge < -0.3 is 5.21 Å². The lowest BCUT2D eigenvalue weighted by atomic mass is 9.99. The number of pyridine rings is 1. The van der Waals surface area contributed by atoms with Crippen LogP contribution >= 0.6 is 0 Å². The van der Waals surface area contributed by atoms with Gasteiger partial charge in [-0.3, -0.25) is 10.1 Å². The van der Waals surface area contributed by atoms with Crippen molar-refractivity contribution in [3.8, 4) is 11.1 Å². The number of rotatable bonds is 2. The molecule has 98 valence electrons. The van der Waals surface area contributed by atoms with Crippen molar-refractivity contribution in [3.63, 3.8) is 0 Å². The Morgan fingerprint density at radius 2 is 1.85 bits per heavy atom. The van der Waals surface area contributed by atoms with Crippen LogP contribution in [0.2, 0.25) is 0 Å². The fourth-order valence-electron chi connectivity index (χ4n) is 2.25. The van der Waals surface area contributed by atoms with E-state index in [1.165, 1.54) is 24.5 Å². The van der Waals surface area contributed by atoms with E-state index in [1.54, 1.807) is 12.1 Å². The summed E-state index contributed by atoms with van der Waals surface area (Å²) in [4.78, 5) is 10.4. The van der Waals surface area contributed by atoms with Gasteiger partial charge >= 0.3 is 0 Å². The van der Waals surface area contributed by atoms with Crippen molar-refractivity contribution in [1.82, 2.24) is 0 Å². The van der Waals surface area contributed by atoms with Gasteiger partial charge in [0.25, 0.3) is 5.69 Å². The summed E-state index contributed by atoms with van der Waals surface area (Å²) in [5.74, 6) is 0. The Hall–Kier alpha value is -2.95. The second-order valence-electron chi connectivity index (χ2n) is 4.42. The van der Waals surface area contributed by atoms with E-state index in [9.17, 15) is 15.3 Å². The zero-order valence-corrected chi connectivity index (χ0v) is 10.4. The highest BCUT2D eigenvalue weighted by atomic mass is 16.6. The number of nitro groups is 1. The van der Waals surface area contributed by atoms with Crippen LogP contribution in [0.1, 0.15) is 0 Å². The highest BCUT2D eigenvalue weighted by Gasteiger charge is 2.10. The molecule has 1 heterocycles. The number of aromatic nitrogens is 1. The largest absolute Gasteiger partial charge is 0.619 e. The average molecular weight is 266 g/mol. The molecular weight excluding hydrogens is 256 g/mol. The van der Waals surface area contributed by atoms with Gasteiger partial charge in [-0.15, -0.1) is 0 Å². The van der Waals surface area contributed by atoms with Crippen LogP contribution in [0.25, 0.3) is 21.9 Å². The summed E-state index contributed by atoms with van der Waals surface area (Å²) in [6.07, 6.45) is 2.90. The predicted molar refractivity (Wildman–Crippen MR) is 75.0 cm³/mol. The average Bonchev–Trinajstić information content (AvgIpc) is 2.46. The summed E-state index contributed by atoms with van der Waals surface area (Å²) in [6.45, 7) is 0. The molecule has 5 heteroatoms. The highest BCUT2D eigenvalue weighted by molar-refractivity contribution is 5.96. The fraction of sp³-hybridized carbons (Fsp3) is 0. The standard InChI is InChI=1S/C15H10N2O3/c18-16-8-7-15-12(10-16)4-2-6-14(15)11-3-1-5-13(9-11)17(19)20/h1-10H. The molecule has 1 aromatic heterocycles. The Morgan fingerprint density at radius 1 is 1.05 bits per heavy atom. The number of benzene rings is 2. The summed E-state index contributed by atoms with van der Waals surface area (Å²) in [6, 6.07) is 13.7.